The maximum atomic E-state index is 12.7. The van der Waals surface area contributed by atoms with Crippen molar-refractivity contribution < 1.29 is 14.3 Å². The first-order valence-corrected chi connectivity index (χ1v) is 10.0. The SMILES string of the molecule is CCOc1ccc(C(=O)N2CCC(NC(=O)c3cc(Cl)ccc3Cl)CC2)cc1. The lowest BCUT2D eigenvalue weighted by molar-refractivity contribution is 0.0698. The number of amides is 2. The van der Waals surface area contributed by atoms with Crippen molar-refractivity contribution in [3.63, 3.8) is 0 Å². The first kappa shape index (κ1) is 20.5. The fourth-order valence-electron chi connectivity index (χ4n) is 3.20. The second-order valence-corrected chi connectivity index (χ2v) is 7.47. The highest BCUT2D eigenvalue weighted by atomic mass is 35.5. The minimum Gasteiger partial charge on any atom is -0.494 e. The lowest BCUT2D eigenvalue weighted by atomic mass is 10.0. The lowest BCUT2D eigenvalue weighted by Gasteiger charge is -2.32. The molecule has 0 bridgehead atoms. The molecule has 0 saturated carbocycles. The highest BCUT2D eigenvalue weighted by molar-refractivity contribution is 6.35. The Labute approximate surface area is 174 Å². The Morgan fingerprint density at radius 2 is 1.79 bits per heavy atom. The predicted molar refractivity (Wildman–Crippen MR) is 110 cm³/mol. The van der Waals surface area contributed by atoms with Crippen LogP contribution >= 0.6 is 23.2 Å². The van der Waals surface area contributed by atoms with Crippen molar-refractivity contribution in [1.29, 1.82) is 0 Å². The van der Waals surface area contributed by atoms with Crippen LogP contribution in [0, 0.1) is 0 Å². The smallest absolute Gasteiger partial charge is 0.253 e. The standard InChI is InChI=1S/C21H22Cl2N2O3/c1-2-28-17-6-3-14(4-7-17)21(27)25-11-9-16(10-12-25)24-20(26)18-13-15(22)5-8-19(18)23/h3-8,13,16H,2,9-12H2,1H3,(H,24,26). The van der Waals surface area contributed by atoms with Crippen molar-refractivity contribution >= 4 is 35.0 Å². The summed E-state index contributed by atoms with van der Waals surface area (Å²) in [5, 5.41) is 3.82. The van der Waals surface area contributed by atoms with E-state index in [9.17, 15) is 9.59 Å². The highest BCUT2D eigenvalue weighted by Gasteiger charge is 2.25. The number of halogens is 2. The molecule has 1 fully saturated rings. The summed E-state index contributed by atoms with van der Waals surface area (Å²) >= 11 is 12.0. The monoisotopic (exact) mass is 420 g/mol. The van der Waals surface area contributed by atoms with Gasteiger partial charge in [0.2, 0.25) is 0 Å². The van der Waals surface area contributed by atoms with Crippen LogP contribution < -0.4 is 10.1 Å². The molecular formula is C21H22Cl2N2O3. The topological polar surface area (TPSA) is 58.6 Å². The Balaban J connectivity index is 1.54. The molecule has 5 nitrogen and oxygen atoms in total. The van der Waals surface area contributed by atoms with Gasteiger partial charge in [0.05, 0.1) is 17.2 Å². The lowest BCUT2D eigenvalue weighted by Crippen LogP contribution is -2.46. The van der Waals surface area contributed by atoms with E-state index < -0.39 is 0 Å². The van der Waals surface area contributed by atoms with Crippen LogP contribution in [0.25, 0.3) is 0 Å². The molecule has 0 unspecified atom stereocenters. The van der Waals surface area contributed by atoms with E-state index in [1.807, 2.05) is 11.8 Å². The minimum absolute atomic E-state index is 0.00747. The van der Waals surface area contributed by atoms with Crippen LogP contribution in [-0.4, -0.2) is 42.5 Å². The van der Waals surface area contributed by atoms with Gasteiger partial charge in [0.1, 0.15) is 5.75 Å². The average molecular weight is 421 g/mol. The van der Waals surface area contributed by atoms with Crippen LogP contribution in [0.4, 0.5) is 0 Å². The quantitative estimate of drug-likeness (QED) is 0.778. The molecule has 148 valence electrons. The van der Waals surface area contributed by atoms with Crippen molar-refractivity contribution in [2.24, 2.45) is 0 Å². The zero-order valence-corrected chi connectivity index (χ0v) is 17.1. The molecule has 0 atom stereocenters. The molecule has 2 amide bonds. The number of piperidine rings is 1. The Hall–Kier alpha value is -2.24. The maximum Gasteiger partial charge on any atom is 0.253 e. The van der Waals surface area contributed by atoms with Crippen molar-refractivity contribution in [2.75, 3.05) is 19.7 Å². The number of nitrogens with one attached hydrogen (secondary N) is 1. The van der Waals surface area contributed by atoms with Crippen LogP contribution in [0.2, 0.25) is 10.0 Å². The van der Waals surface area contributed by atoms with Crippen LogP contribution in [0.15, 0.2) is 42.5 Å². The molecule has 1 saturated heterocycles. The van der Waals surface area contributed by atoms with Crippen LogP contribution in [0.5, 0.6) is 5.75 Å². The predicted octanol–water partition coefficient (Wildman–Crippen LogP) is 4.43. The molecule has 3 rings (SSSR count). The molecule has 28 heavy (non-hydrogen) atoms. The van der Waals surface area contributed by atoms with E-state index in [0.717, 1.165) is 5.75 Å². The number of hydrogen-bond acceptors (Lipinski definition) is 3. The summed E-state index contributed by atoms with van der Waals surface area (Å²) in [4.78, 5) is 26.9. The minimum atomic E-state index is -0.246. The second-order valence-electron chi connectivity index (χ2n) is 6.62. The van der Waals surface area contributed by atoms with Gasteiger partial charge in [-0.05, 0) is 62.2 Å². The summed E-state index contributed by atoms with van der Waals surface area (Å²) in [6.07, 6.45) is 1.37. The Kier molecular flexibility index (Phi) is 6.81. The maximum absolute atomic E-state index is 12.7. The Morgan fingerprint density at radius 1 is 1.11 bits per heavy atom. The van der Waals surface area contributed by atoms with Gasteiger partial charge in [-0.2, -0.15) is 0 Å². The van der Waals surface area contributed by atoms with Crippen molar-refractivity contribution in [2.45, 2.75) is 25.8 Å². The Bertz CT molecular complexity index is 847. The van der Waals surface area contributed by atoms with Crippen LogP contribution in [-0.2, 0) is 0 Å². The largest absolute Gasteiger partial charge is 0.494 e. The number of benzene rings is 2. The zero-order chi connectivity index (χ0) is 20.1. The van der Waals surface area contributed by atoms with E-state index in [1.54, 1.807) is 42.5 Å². The first-order chi connectivity index (χ1) is 13.5. The molecule has 1 aliphatic rings. The van der Waals surface area contributed by atoms with Crippen molar-refractivity contribution in [3.05, 3.63) is 63.6 Å². The third-order valence-corrected chi connectivity index (χ3v) is 5.27. The zero-order valence-electron chi connectivity index (χ0n) is 15.6. The normalized spacial score (nSPS) is 14.6. The summed E-state index contributed by atoms with van der Waals surface area (Å²) in [5.41, 5.74) is 0.999. The van der Waals surface area contributed by atoms with Gasteiger partial charge in [0.25, 0.3) is 11.8 Å². The second kappa shape index (κ2) is 9.30. The van der Waals surface area contributed by atoms with E-state index in [2.05, 4.69) is 5.32 Å². The average Bonchev–Trinajstić information content (AvgIpc) is 2.70. The molecule has 7 heteroatoms. The number of ether oxygens (including phenoxy) is 1. The molecule has 0 radical (unpaired) electrons. The number of likely N-dealkylation sites (tertiary alicyclic amines) is 1. The summed E-state index contributed by atoms with van der Waals surface area (Å²) in [6.45, 7) is 3.68. The Morgan fingerprint density at radius 3 is 2.43 bits per heavy atom. The van der Waals surface area contributed by atoms with Gasteiger partial charge in [-0.15, -0.1) is 0 Å². The fraction of sp³-hybridized carbons (Fsp3) is 0.333. The number of nitrogens with zero attached hydrogens (tertiary/aromatic N) is 1. The van der Waals surface area contributed by atoms with Gasteiger partial charge >= 0.3 is 0 Å². The van der Waals surface area contributed by atoms with Crippen molar-refractivity contribution in [3.8, 4) is 5.75 Å². The first-order valence-electron chi connectivity index (χ1n) is 9.26. The third-order valence-electron chi connectivity index (χ3n) is 4.70. The van der Waals surface area contributed by atoms with Gasteiger partial charge in [-0.25, -0.2) is 0 Å². The molecular weight excluding hydrogens is 399 g/mol. The third kappa shape index (κ3) is 4.97. The molecule has 2 aromatic rings. The molecule has 0 spiro atoms. The van der Waals surface area contributed by atoms with Gasteiger partial charge < -0.3 is 15.0 Å². The van der Waals surface area contributed by atoms with Crippen LogP contribution in [0.1, 0.15) is 40.5 Å². The molecule has 0 aliphatic carbocycles. The molecule has 0 aromatic heterocycles. The van der Waals surface area contributed by atoms with Gasteiger partial charge in [-0.1, -0.05) is 23.2 Å². The van der Waals surface area contributed by atoms with Crippen LogP contribution in [0.3, 0.4) is 0 Å². The number of rotatable bonds is 5. The van der Waals surface area contributed by atoms with E-state index >= 15 is 0 Å². The molecule has 1 aliphatic heterocycles. The molecule has 1 N–H and O–H groups in total. The van der Waals surface area contributed by atoms with Gasteiger partial charge in [-0.3, -0.25) is 9.59 Å². The van der Waals surface area contributed by atoms with E-state index in [4.69, 9.17) is 27.9 Å². The summed E-state index contributed by atoms with van der Waals surface area (Å²) in [6, 6.07) is 12.0. The summed E-state index contributed by atoms with van der Waals surface area (Å²) in [7, 11) is 0. The summed E-state index contributed by atoms with van der Waals surface area (Å²) < 4.78 is 5.41. The fourth-order valence-corrected chi connectivity index (χ4v) is 3.58. The highest BCUT2D eigenvalue weighted by Crippen LogP contribution is 2.22. The van der Waals surface area contributed by atoms with Gasteiger partial charge in [0, 0.05) is 29.7 Å². The van der Waals surface area contributed by atoms with E-state index in [-0.39, 0.29) is 17.9 Å². The number of carbonyl (C=O) groups is 2. The molecule has 2 aromatic carbocycles. The van der Waals surface area contributed by atoms with E-state index in [0.29, 0.717) is 53.7 Å². The molecule has 1 heterocycles. The number of carbonyl (C=O) groups excluding carboxylic acids is 2. The number of hydrogen-bond donors (Lipinski definition) is 1. The van der Waals surface area contributed by atoms with E-state index in [1.165, 1.54) is 0 Å². The van der Waals surface area contributed by atoms with Gasteiger partial charge in [0.15, 0.2) is 0 Å². The summed E-state index contributed by atoms with van der Waals surface area (Å²) in [5.74, 6) is 0.495. The van der Waals surface area contributed by atoms with Crippen molar-refractivity contribution in [1.82, 2.24) is 10.2 Å².